The van der Waals surface area contributed by atoms with Gasteiger partial charge in [-0.15, -0.1) is 0 Å². The van der Waals surface area contributed by atoms with E-state index in [1.165, 1.54) is 6.20 Å². The van der Waals surface area contributed by atoms with Crippen LogP contribution in [0.15, 0.2) is 24.4 Å². The van der Waals surface area contributed by atoms with Crippen LogP contribution in [0.3, 0.4) is 0 Å². The number of ether oxygens (including phenoxy) is 3. The average Bonchev–Trinajstić information content (AvgIpc) is 2.79. The topological polar surface area (TPSA) is 78.0 Å². The number of carbonyl (C=O) groups is 2. The number of amides is 1. The summed E-state index contributed by atoms with van der Waals surface area (Å²) in [5.41, 5.74) is -0.0182. The number of hydrogen-bond donors (Lipinski definition) is 0. The molecule has 0 atom stereocenters. The molecule has 0 saturated carbocycles. The van der Waals surface area contributed by atoms with E-state index in [0.29, 0.717) is 74.0 Å². The second kappa shape index (κ2) is 10.6. The summed E-state index contributed by atoms with van der Waals surface area (Å²) in [4.78, 5) is 31.3. The molecule has 1 aromatic heterocycles. The Hall–Kier alpha value is -2.90. The van der Waals surface area contributed by atoms with E-state index in [9.17, 15) is 14.0 Å². The van der Waals surface area contributed by atoms with Gasteiger partial charge in [0.25, 0.3) is 0 Å². The summed E-state index contributed by atoms with van der Waals surface area (Å²) in [6, 6.07) is 5.40. The molecule has 0 unspecified atom stereocenters. The molecular formula is C26H35FN2O5. The molecule has 1 aliphatic rings. The third-order valence-corrected chi connectivity index (χ3v) is 6.30. The third-order valence-electron chi connectivity index (χ3n) is 6.30. The van der Waals surface area contributed by atoms with E-state index < -0.39 is 11.0 Å². The first-order valence-electron chi connectivity index (χ1n) is 11.8. The van der Waals surface area contributed by atoms with Crippen molar-refractivity contribution in [2.75, 3.05) is 26.8 Å². The van der Waals surface area contributed by atoms with Gasteiger partial charge in [0.2, 0.25) is 0 Å². The van der Waals surface area contributed by atoms with Crippen molar-refractivity contribution in [3.63, 3.8) is 0 Å². The molecule has 0 bridgehead atoms. The Labute approximate surface area is 200 Å². The lowest BCUT2D eigenvalue weighted by Crippen LogP contribution is -2.48. The van der Waals surface area contributed by atoms with Crippen molar-refractivity contribution >= 4 is 23.0 Å². The third kappa shape index (κ3) is 5.96. The van der Waals surface area contributed by atoms with Crippen molar-refractivity contribution in [3.05, 3.63) is 35.8 Å². The number of likely N-dealkylation sites (tertiary alicyclic amines) is 1. The number of piperidine rings is 1. The Bertz CT molecular complexity index is 1030. The van der Waals surface area contributed by atoms with Crippen LogP contribution in [0.5, 0.6) is 5.75 Å². The Morgan fingerprint density at radius 1 is 1.21 bits per heavy atom. The zero-order valence-electron chi connectivity index (χ0n) is 20.8. The van der Waals surface area contributed by atoms with Gasteiger partial charge in [0.1, 0.15) is 17.2 Å². The maximum Gasteiger partial charge on any atom is 0.410 e. The van der Waals surface area contributed by atoms with E-state index in [1.807, 2.05) is 26.8 Å². The number of benzene rings is 1. The van der Waals surface area contributed by atoms with Crippen molar-refractivity contribution in [1.29, 1.82) is 0 Å². The molecule has 1 fully saturated rings. The maximum absolute atomic E-state index is 14.7. The molecule has 0 radical (unpaired) electrons. The molecule has 34 heavy (non-hydrogen) atoms. The van der Waals surface area contributed by atoms with E-state index in [4.69, 9.17) is 14.2 Å². The van der Waals surface area contributed by atoms with Crippen LogP contribution >= 0.6 is 0 Å². The first-order chi connectivity index (χ1) is 16.1. The lowest BCUT2D eigenvalue weighted by atomic mass is 9.74. The maximum atomic E-state index is 14.7. The molecule has 0 aliphatic carbocycles. The number of pyridine rings is 1. The van der Waals surface area contributed by atoms with Gasteiger partial charge in [0.15, 0.2) is 0 Å². The number of methoxy groups -OCH3 is 1. The summed E-state index contributed by atoms with van der Waals surface area (Å²) in [7, 11) is 1.57. The summed E-state index contributed by atoms with van der Waals surface area (Å²) >= 11 is 0. The highest BCUT2D eigenvalue weighted by Crippen LogP contribution is 2.39. The summed E-state index contributed by atoms with van der Waals surface area (Å²) in [5.74, 6) is 0.0184. The number of fused-ring (bicyclic) bond motifs is 1. The van der Waals surface area contributed by atoms with Crippen LogP contribution in [0.4, 0.5) is 9.18 Å². The summed E-state index contributed by atoms with van der Waals surface area (Å²) in [6.07, 6.45) is 3.43. The standard InChI is InChI=1S/C26H35FN2O5/c1-6-33-23(30)26(12-14-29(15-13-26)24(31)34-25(2,3)4)11-7-8-19-20-16-18(32-5)9-10-22(20)28-17-21(19)27/h9-10,16-17H,6-8,11-15H2,1-5H3. The fourth-order valence-corrected chi connectivity index (χ4v) is 4.47. The minimum Gasteiger partial charge on any atom is -0.497 e. The molecule has 1 saturated heterocycles. The number of rotatable bonds is 7. The Kier molecular flexibility index (Phi) is 8.00. The number of nitrogens with zero attached hydrogens (tertiary/aromatic N) is 2. The van der Waals surface area contributed by atoms with Crippen LogP contribution in [0.1, 0.15) is 58.9 Å². The second-order valence-electron chi connectivity index (χ2n) is 9.79. The molecule has 7 nitrogen and oxygen atoms in total. The Morgan fingerprint density at radius 2 is 1.91 bits per heavy atom. The fourth-order valence-electron chi connectivity index (χ4n) is 4.47. The lowest BCUT2D eigenvalue weighted by molar-refractivity contribution is -0.159. The average molecular weight is 475 g/mol. The van der Waals surface area contributed by atoms with E-state index >= 15 is 0 Å². The van der Waals surface area contributed by atoms with Gasteiger partial charge in [-0.2, -0.15) is 0 Å². The molecule has 1 amide bonds. The molecule has 3 rings (SSSR count). The molecule has 186 valence electrons. The van der Waals surface area contributed by atoms with Gasteiger partial charge in [0, 0.05) is 18.5 Å². The smallest absolute Gasteiger partial charge is 0.410 e. The molecule has 1 aliphatic heterocycles. The minimum atomic E-state index is -0.703. The van der Waals surface area contributed by atoms with Crippen LogP contribution in [0.2, 0.25) is 0 Å². The molecule has 0 spiro atoms. The zero-order valence-corrected chi connectivity index (χ0v) is 20.8. The molecule has 1 aromatic carbocycles. The summed E-state index contributed by atoms with van der Waals surface area (Å²) in [5, 5.41) is 0.712. The van der Waals surface area contributed by atoms with Gasteiger partial charge in [-0.05, 0) is 83.6 Å². The van der Waals surface area contributed by atoms with Gasteiger partial charge < -0.3 is 19.1 Å². The highest BCUT2D eigenvalue weighted by atomic mass is 19.1. The van der Waals surface area contributed by atoms with Gasteiger partial charge in [0.05, 0.1) is 30.8 Å². The summed E-state index contributed by atoms with van der Waals surface area (Å²) < 4.78 is 30.9. The fraction of sp³-hybridized carbons (Fsp3) is 0.577. The molecule has 8 heteroatoms. The highest BCUT2D eigenvalue weighted by Gasteiger charge is 2.43. The first kappa shape index (κ1) is 25.7. The first-order valence-corrected chi connectivity index (χ1v) is 11.8. The second-order valence-corrected chi connectivity index (χ2v) is 9.79. The van der Waals surface area contributed by atoms with E-state index in [0.717, 1.165) is 0 Å². The Morgan fingerprint density at radius 3 is 2.53 bits per heavy atom. The lowest BCUT2D eigenvalue weighted by Gasteiger charge is -2.40. The van der Waals surface area contributed by atoms with Crippen molar-refractivity contribution in [1.82, 2.24) is 9.88 Å². The predicted molar refractivity (Wildman–Crippen MR) is 127 cm³/mol. The number of halogens is 1. The zero-order chi connectivity index (χ0) is 24.9. The van der Waals surface area contributed by atoms with Gasteiger partial charge in [-0.3, -0.25) is 9.78 Å². The largest absolute Gasteiger partial charge is 0.497 e. The van der Waals surface area contributed by atoms with Crippen molar-refractivity contribution < 1.29 is 28.2 Å². The number of aryl methyl sites for hydroxylation is 1. The van der Waals surface area contributed by atoms with Crippen molar-refractivity contribution in [2.24, 2.45) is 5.41 Å². The molecule has 2 heterocycles. The van der Waals surface area contributed by atoms with E-state index in [-0.39, 0.29) is 17.9 Å². The molecular weight excluding hydrogens is 439 g/mol. The monoisotopic (exact) mass is 474 g/mol. The normalized spacial score (nSPS) is 15.8. The molecule has 0 N–H and O–H groups in total. The quantitative estimate of drug-likeness (QED) is 0.508. The highest BCUT2D eigenvalue weighted by molar-refractivity contribution is 5.83. The van der Waals surface area contributed by atoms with Gasteiger partial charge in [-0.25, -0.2) is 9.18 Å². The SMILES string of the molecule is CCOC(=O)C1(CCCc2c(F)cnc3ccc(OC)cc23)CCN(C(=O)OC(C)(C)C)CC1. The molecule has 2 aromatic rings. The number of carbonyl (C=O) groups excluding carboxylic acids is 2. The summed E-state index contributed by atoms with van der Waals surface area (Å²) in [6.45, 7) is 8.39. The minimum absolute atomic E-state index is 0.249. The van der Waals surface area contributed by atoms with Crippen molar-refractivity contribution in [2.45, 2.75) is 65.4 Å². The van der Waals surface area contributed by atoms with Gasteiger partial charge >= 0.3 is 12.1 Å². The predicted octanol–water partition coefficient (Wildman–Crippen LogP) is 5.29. The van der Waals surface area contributed by atoms with Gasteiger partial charge in [-0.1, -0.05) is 0 Å². The van der Waals surface area contributed by atoms with E-state index in [1.54, 1.807) is 31.1 Å². The van der Waals surface area contributed by atoms with Crippen LogP contribution in [-0.2, 0) is 20.7 Å². The van der Waals surface area contributed by atoms with Crippen LogP contribution in [0.25, 0.3) is 10.9 Å². The van der Waals surface area contributed by atoms with Crippen LogP contribution in [0, 0.1) is 11.2 Å². The van der Waals surface area contributed by atoms with Crippen LogP contribution < -0.4 is 4.74 Å². The van der Waals surface area contributed by atoms with E-state index in [2.05, 4.69) is 4.98 Å². The van der Waals surface area contributed by atoms with Crippen molar-refractivity contribution in [3.8, 4) is 5.75 Å². The number of esters is 1. The number of aromatic nitrogens is 1. The Balaban J connectivity index is 1.73. The number of hydrogen-bond acceptors (Lipinski definition) is 6. The van der Waals surface area contributed by atoms with Crippen LogP contribution in [-0.4, -0.2) is 54.4 Å².